The van der Waals surface area contributed by atoms with E-state index in [9.17, 15) is 4.79 Å². The van der Waals surface area contributed by atoms with E-state index in [1.807, 2.05) is 34.9 Å². The van der Waals surface area contributed by atoms with Crippen molar-refractivity contribution in [2.45, 2.75) is 17.3 Å². The summed E-state index contributed by atoms with van der Waals surface area (Å²) < 4.78 is 1.84. The Labute approximate surface area is 159 Å². The summed E-state index contributed by atoms with van der Waals surface area (Å²) in [4.78, 5) is 12.4. The molecule has 3 rings (SSSR count). The van der Waals surface area contributed by atoms with Crippen LogP contribution >= 0.6 is 35.0 Å². The largest absolute Gasteiger partial charge is 0.325 e. The van der Waals surface area contributed by atoms with Crippen molar-refractivity contribution < 1.29 is 4.79 Å². The number of hydrogen-bond donors (Lipinski definition) is 1. The van der Waals surface area contributed by atoms with E-state index in [1.54, 1.807) is 31.5 Å². The molecule has 0 aliphatic carbocycles. The molecule has 0 aliphatic heterocycles. The third kappa shape index (κ3) is 4.54. The van der Waals surface area contributed by atoms with E-state index in [4.69, 9.17) is 23.2 Å². The number of hydrogen-bond acceptors (Lipinski definition) is 4. The maximum absolute atomic E-state index is 12.4. The molecule has 8 heteroatoms. The molecular weight excluding hydrogens is 379 g/mol. The Kier molecular flexibility index (Phi) is 5.63. The van der Waals surface area contributed by atoms with Gasteiger partial charge in [0.25, 0.3) is 0 Å². The smallest absolute Gasteiger partial charge is 0.237 e. The van der Waals surface area contributed by atoms with Crippen molar-refractivity contribution in [3.05, 3.63) is 64.9 Å². The summed E-state index contributed by atoms with van der Waals surface area (Å²) in [7, 11) is 0. The van der Waals surface area contributed by atoms with E-state index in [0.29, 0.717) is 20.9 Å². The molecule has 0 radical (unpaired) electrons. The lowest BCUT2D eigenvalue weighted by atomic mass is 10.3. The van der Waals surface area contributed by atoms with Gasteiger partial charge in [-0.05, 0) is 37.3 Å². The molecule has 5 nitrogen and oxygen atoms in total. The number of thioether (sulfide) groups is 1. The number of halogens is 2. The topological polar surface area (TPSA) is 59.8 Å². The van der Waals surface area contributed by atoms with Crippen LogP contribution in [-0.4, -0.2) is 25.9 Å². The summed E-state index contributed by atoms with van der Waals surface area (Å²) in [6.07, 6.45) is 1.62. The lowest BCUT2D eigenvalue weighted by molar-refractivity contribution is -0.115. The van der Waals surface area contributed by atoms with Crippen LogP contribution in [0.25, 0.3) is 5.69 Å². The minimum Gasteiger partial charge on any atom is -0.325 e. The molecule has 2 aromatic carbocycles. The number of anilines is 1. The van der Waals surface area contributed by atoms with Crippen LogP contribution in [0.15, 0.2) is 60.0 Å². The highest BCUT2D eigenvalue weighted by Crippen LogP contribution is 2.26. The molecule has 0 fully saturated rings. The minimum atomic E-state index is -0.385. The van der Waals surface area contributed by atoms with Crippen LogP contribution in [0.1, 0.15) is 6.92 Å². The Morgan fingerprint density at radius 2 is 1.84 bits per heavy atom. The van der Waals surface area contributed by atoms with Crippen LogP contribution in [0.5, 0.6) is 0 Å². The molecule has 0 bridgehead atoms. The second kappa shape index (κ2) is 7.91. The molecule has 0 aliphatic rings. The molecule has 1 amide bonds. The van der Waals surface area contributed by atoms with Gasteiger partial charge in [-0.3, -0.25) is 9.36 Å². The van der Waals surface area contributed by atoms with E-state index in [1.165, 1.54) is 11.8 Å². The zero-order valence-electron chi connectivity index (χ0n) is 13.2. The van der Waals surface area contributed by atoms with Gasteiger partial charge in [0.1, 0.15) is 6.33 Å². The highest BCUT2D eigenvalue weighted by Gasteiger charge is 2.19. The van der Waals surface area contributed by atoms with Crippen molar-refractivity contribution in [3.63, 3.8) is 0 Å². The fourth-order valence-corrected chi connectivity index (χ4v) is 3.52. The highest BCUT2D eigenvalue weighted by atomic mass is 35.5. The van der Waals surface area contributed by atoms with Crippen LogP contribution in [0.4, 0.5) is 5.69 Å². The predicted octanol–water partition coefficient (Wildman–Crippen LogP) is 4.69. The Morgan fingerprint density at radius 1 is 1.16 bits per heavy atom. The van der Waals surface area contributed by atoms with E-state index in [0.717, 1.165) is 5.69 Å². The summed E-state index contributed by atoms with van der Waals surface area (Å²) in [5.74, 6) is -0.175. The Bertz CT molecular complexity index is 865. The van der Waals surface area contributed by atoms with Crippen molar-refractivity contribution in [1.82, 2.24) is 14.8 Å². The lowest BCUT2D eigenvalue weighted by Gasteiger charge is -2.13. The third-order valence-corrected chi connectivity index (χ3v) is 4.83. The molecule has 25 heavy (non-hydrogen) atoms. The number of nitrogens with zero attached hydrogens (tertiary/aromatic N) is 3. The molecule has 0 saturated carbocycles. The van der Waals surface area contributed by atoms with Crippen LogP contribution in [0.3, 0.4) is 0 Å². The molecule has 3 aromatic rings. The number of benzene rings is 2. The molecule has 0 spiro atoms. The third-order valence-electron chi connectivity index (χ3n) is 3.33. The number of carbonyl (C=O) groups excluding carboxylic acids is 1. The fourth-order valence-electron chi connectivity index (χ4n) is 2.15. The summed E-state index contributed by atoms with van der Waals surface area (Å²) in [6, 6.07) is 14.6. The summed E-state index contributed by atoms with van der Waals surface area (Å²) >= 11 is 13.2. The van der Waals surface area contributed by atoms with Crippen molar-refractivity contribution in [1.29, 1.82) is 0 Å². The van der Waals surface area contributed by atoms with Gasteiger partial charge in [0.15, 0.2) is 5.16 Å². The fraction of sp³-hybridized carbons (Fsp3) is 0.118. The van der Waals surface area contributed by atoms with E-state index >= 15 is 0 Å². The van der Waals surface area contributed by atoms with Crippen LogP contribution in [0.2, 0.25) is 10.0 Å². The molecule has 1 unspecified atom stereocenters. The van der Waals surface area contributed by atoms with Gasteiger partial charge in [-0.2, -0.15) is 0 Å². The monoisotopic (exact) mass is 392 g/mol. The van der Waals surface area contributed by atoms with Gasteiger partial charge in [-0.25, -0.2) is 0 Å². The highest BCUT2D eigenvalue weighted by molar-refractivity contribution is 8.00. The Balaban J connectivity index is 1.71. The average molecular weight is 393 g/mol. The first kappa shape index (κ1) is 17.8. The summed E-state index contributed by atoms with van der Waals surface area (Å²) in [6.45, 7) is 1.80. The average Bonchev–Trinajstić information content (AvgIpc) is 3.02. The van der Waals surface area contributed by atoms with E-state index in [2.05, 4.69) is 15.5 Å². The molecule has 1 N–H and O–H groups in total. The van der Waals surface area contributed by atoms with Gasteiger partial charge in [0, 0.05) is 21.4 Å². The molecule has 128 valence electrons. The van der Waals surface area contributed by atoms with Gasteiger partial charge in [-0.1, -0.05) is 53.2 Å². The van der Waals surface area contributed by atoms with Crippen LogP contribution in [-0.2, 0) is 4.79 Å². The predicted molar refractivity (Wildman–Crippen MR) is 102 cm³/mol. The zero-order chi connectivity index (χ0) is 17.8. The first-order valence-electron chi connectivity index (χ1n) is 7.42. The normalized spacial score (nSPS) is 12.0. The second-order valence-corrected chi connectivity index (χ2v) is 7.41. The van der Waals surface area contributed by atoms with Crippen LogP contribution < -0.4 is 5.32 Å². The van der Waals surface area contributed by atoms with Gasteiger partial charge in [0.2, 0.25) is 5.91 Å². The number of amides is 1. The summed E-state index contributed by atoms with van der Waals surface area (Å²) in [5.41, 5.74) is 1.49. The molecule has 1 heterocycles. The molecule has 1 atom stereocenters. The zero-order valence-corrected chi connectivity index (χ0v) is 15.5. The van der Waals surface area contributed by atoms with Crippen molar-refractivity contribution in [2.24, 2.45) is 0 Å². The second-order valence-electron chi connectivity index (χ2n) is 5.23. The van der Waals surface area contributed by atoms with Gasteiger partial charge < -0.3 is 5.32 Å². The summed E-state index contributed by atoms with van der Waals surface area (Å²) in [5, 5.41) is 12.0. The number of aromatic nitrogens is 3. The first-order valence-corrected chi connectivity index (χ1v) is 9.05. The molecule has 1 aromatic heterocycles. The first-order chi connectivity index (χ1) is 12.0. The van der Waals surface area contributed by atoms with Crippen molar-refractivity contribution in [2.75, 3.05) is 5.32 Å². The van der Waals surface area contributed by atoms with E-state index < -0.39 is 0 Å². The maximum Gasteiger partial charge on any atom is 0.237 e. The van der Waals surface area contributed by atoms with Gasteiger partial charge >= 0.3 is 0 Å². The van der Waals surface area contributed by atoms with Crippen LogP contribution in [0, 0.1) is 0 Å². The quantitative estimate of drug-likeness (QED) is 0.639. The minimum absolute atomic E-state index is 0.175. The molecular formula is C17H14Cl2N4OS. The number of nitrogens with one attached hydrogen (secondary N) is 1. The maximum atomic E-state index is 12.4. The SMILES string of the molecule is CC(Sc1nncn1-c1ccccc1)C(=O)Nc1cc(Cl)cc(Cl)c1. The number of para-hydroxylation sites is 1. The van der Waals surface area contributed by atoms with Crippen molar-refractivity contribution >= 4 is 46.6 Å². The lowest BCUT2D eigenvalue weighted by Crippen LogP contribution is -2.22. The van der Waals surface area contributed by atoms with Crippen molar-refractivity contribution in [3.8, 4) is 5.69 Å². The number of carbonyl (C=O) groups is 1. The Morgan fingerprint density at radius 3 is 2.52 bits per heavy atom. The Hall–Kier alpha value is -2.02. The van der Waals surface area contributed by atoms with Gasteiger partial charge in [-0.15, -0.1) is 10.2 Å². The standard InChI is InChI=1S/C17H14Cl2N4OS/c1-11(16(24)21-14-8-12(18)7-13(19)9-14)25-17-22-20-10-23(17)15-5-3-2-4-6-15/h2-11H,1H3,(H,21,24). The molecule has 0 saturated heterocycles. The van der Waals surface area contributed by atoms with E-state index in [-0.39, 0.29) is 11.2 Å². The number of rotatable bonds is 5. The van der Waals surface area contributed by atoms with Gasteiger partial charge in [0.05, 0.1) is 5.25 Å².